The molecule has 166 valence electrons. The first-order chi connectivity index (χ1) is 16.7. The van der Waals surface area contributed by atoms with Crippen LogP contribution in [0.3, 0.4) is 0 Å². The van der Waals surface area contributed by atoms with E-state index in [0.29, 0.717) is 11.5 Å². The first-order valence-electron chi connectivity index (χ1n) is 10.8. The van der Waals surface area contributed by atoms with E-state index in [-0.39, 0.29) is 0 Å². The zero-order valence-electron chi connectivity index (χ0n) is 18.5. The quantitative estimate of drug-likeness (QED) is 0.281. The predicted molar refractivity (Wildman–Crippen MR) is 139 cm³/mol. The fourth-order valence-electron chi connectivity index (χ4n) is 3.44. The van der Waals surface area contributed by atoms with Crippen LogP contribution < -0.4 is 0 Å². The van der Waals surface area contributed by atoms with Crippen LogP contribution in [0.25, 0.3) is 32.7 Å². The van der Waals surface area contributed by atoms with Crippen LogP contribution in [0.15, 0.2) is 134 Å². The Morgan fingerprint density at radius 3 is 1.12 bits per heavy atom. The van der Waals surface area contributed by atoms with Gasteiger partial charge in [0.25, 0.3) is 0 Å². The van der Waals surface area contributed by atoms with Gasteiger partial charge in [0.1, 0.15) is 11.5 Å². The summed E-state index contributed by atoms with van der Waals surface area (Å²) in [5.74, 6) is 0.646. The number of hydrogen-bond acceptors (Lipinski definition) is 4. The van der Waals surface area contributed by atoms with Gasteiger partial charge in [-0.15, -0.1) is 0 Å². The molecule has 0 aliphatic carbocycles. The number of nitrogens with zero attached hydrogens (tertiary/aromatic N) is 2. The van der Waals surface area contributed by atoms with Crippen LogP contribution in [0.1, 0.15) is 0 Å². The average Bonchev–Trinajstić information content (AvgIpc) is 2.90. The van der Waals surface area contributed by atoms with Crippen molar-refractivity contribution < 1.29 is 10.2 Å². The summed E-state index contributed by atoms with van der Waals surface area (Å²) >= 11 is 0. The second-order valence-corrected chi connectivity index (χ2v) is 7.53. The van der Waals surface area contributed by atoms with E-state index in [1.807, 2.05) is 84.9 Å². The van der Waals surface area contributed by atoms with E-state index in [1.54, 1.807) is 49.1 Å². The number of hydrogen-bond donors (Lipinski definition) is 2. The monoisotopic (exact) mass is 444 g/mol. The van der Waals surface area contributed by atoms with E-state index < -0.39 is 0 Å². The van der Waals surface area contributed by atoms with Gasteiger partial charge in [0.05, 0.1) is 0 Å². The maximum Gasteiger partial charge on any atom is 0.116 e. The molecule has 0 fully saturated rings. The number of aromatic hydroxyl groups is 2. The van der Waals surface area contributed by atoms with Crippen molar-refractivity contribution in [1.82, 2.24) is 9.97 Å². The van der Waals surface area contributed by atoms with E-state index in [1.165, 1.54) is 11.1 Å². The molecule has 2 N–H and O–H groups in total. The summed E-state index contributed by atoms with van der Waals surface area (Å²) in [5.41, 5.74) is 2.35. The average molecular weight is 445 g/mol. The van der Waals surface area contributed by atoms with Crippen LogP contribution in [0, 0.1) is 0 Å². The van der Waals surface area contributed by atoms with Crippen LogP contribution >= 0.6 is 0 Å². The summed E-state index contributed by atoms with van der Waals surface area (Å²) in [6.07, 6.45) is 7.15. The number of fused-ring (bicyclic) bond motifs is 2. The van der Waals surface area contributed by atoms with Gasteiger partial charge in [-0.2, -0.15) is 0 Å². The van der Waals surface area contributed by atoms with Crippen molar-refractivity contribution in [3.05, 3.63) is 134 Å². The molecule has 0 amide bonds. The van der Waals surface area contributed by atoms with Crippen LogP contribution in [-0.4, -0.2) is 20.2 Å². The molecule has 4 nitrogen and oxygen atoms in total. The standard InChI is InChI=1S/C10H8N2.2C10H8O/c1-5-11-6-2-9(1)10-3-7-12-8-4-10;2*11-10-6-5-8-3-1-2-4-9(8)7-10/h1-8H;2*1-7,11H. The van der Waals surface area contributed by atoms with Crippen molar-refractivity contribution in [2.75, 3.05) is 0 Å². The first-order valence-corrected chi connectivity index (χ1v) is 10.8. The van der Waals surface area contributed by atoms with Crippen molar-refractivity contribution in [2.24, 2.45) is 0 Å². The maximum absolute atomic E-state index is 9.13. The lowest BCUT2D eigenvalue weighted by Gasteiger charge is -1.97. The van der Waals surface area contributed by atoms with Gasteiger partial charge >= 0.3 is 0 Å². The maximum atomic E-state index is 9.13. The number of aromatic nitrogens is 2. The zero-order chi connectivity index (χ0) is 23.6. The van der Waals surface area contributed by atoms with Gasteiger partial charge in [0, 0.05) is 24.8 Å². The molecule has 0 saturated carbocycles. The molecule has 0 atom stereocenters. The molecule has 34 heavy (non-hydrogen) atoms. The van der Waals surface area contributed by atoms with Gasteiger partial charge in [-0.25, -0.2) is 0 Å². The second-order valence-electron chi connectivity index (χ2n) is 7.53. The molecule has 4 aromatic carbocycles. The lowest BCUT2D eigenvalue weighted by molar-refractivity contribution is 0.475. The Balaban J connectivity index is 0.000000121. The summed E-state index contributed by atoms with van der Waals surface area (Å²) in [5, 5.41) is 22.7. The number of phenolic OH excluding ortho intramolecular Hbond substituents is 2. The topological polar surface area (TPSA) is 66.2 Å². The van der Waals surface area contributed by atoms with Crippen molar-refractivity contribution >= 4 is 21.5 Å². The van der Waals surface area contributed by atoms with E-state index in [4.69, 9.17) is 10.2 Å². The highest BCUT2D eigenvalue weighted by atomic mass is 16.3. The summed E-state index contributed by atoms with van der Waals surface area (Å²) in [4.78, 5) is 7.91. The molecule has 0 bridgehead atoms. The Kier molecular flexibility index (Phi) is 7.44. The van der Waals surface area contributed by atoms with Gasteiger partial charge in [-0.05, 0) is 81.2 Å². The van der Waals surface area contributed by atoms with Gasteiger partial charge in [-0.1, -0.05) is 60.7 Å². The lowest BCUT2D eigenvalue weighted by Crippen LogP contribution is -1.77. The van der Waals surface area contributed by atoms with Crippen molar-refractivity contribution in [3.63, 3.8) is 0 Å². The molecular weight excluding hydrogens is 420 g/mol. The van der Waals surface area contributed by atoms with E-state index in [2.05, 4.69) is 9.97 Å². The minimum atomic E-state index is 0.323. The Hall–Kier alpha value is -4.70. The Morgan fingerprint density at radius 2 is 0.735 bits per heavy atom. The normalized spacial score (nSPS) is 10.0. The molecule has 0 spiro atoms. The van der Waals surface area contributed by atoms with Crippen LogP contribution in [0.2, 0.25) is 0 Å². The molecule has 2 aromatic heterocycles. The van der Waals surface area contributed by atoms with Crippen LogP contribution in [-0.2, 0) is 0 Å². The zero-order valence-corrected chi connectivity index (χ0v) is 18.5. The number of pyridine rings is 2. The van der Waals surface area contributed by atoms with E-state index in [9.17, 15) is 0 Å². The SMILES string of the molecule is Oc1ccc2ccccc2c1.Oc1ccc2ccccc2c1.c1cc(-c2ccncc2)ccn1. The minimum absolute atomic E-state index is 0.323. The van der Waals surface area contributed by atoms with Gasteiger partial charge in [0.2, 0.25) is 0 Å². The van der Waals surface area contributed by atoms with E-state index in [0.717, 1.165) is 21.5 Å². The minimum Gasteiger partial charge on any atom is -0.508 e. The molecule has 4 heteroatoms. The summed E-state index contributed by atoms with van der Waals surface area (Å²) in [7, 11) is 0. The van der Waals surface area contributed by atoms with Gasteiger partial charge < -0.3 is 10.2 Å². The number of rotatable bonds is 1. The highest BCUT2D eigenvalue weighted by molar-refractivity contribution is 5.84. The summed E-state index contributed by atoms with van der Waals surface area (Å²) in [6, 6.07) is 34.6. The molecule has 0 aliphatic heterocycles. The number of benzene rings is 4. The first kappa shape index (κ1) is 22.5. The third-order valence-electron chi connectivity index (χ3n) is 5.16. The number of phenols is 2. The van der Waals surface area contributed by atoms with Gasteiger partial charge in [0.15, 0.2) is 0 Å². The van der Waals surface area contributed by atoms with E-state index >= 15 is 0 Å². The third kappa shape index (κ3) is 6.17. The van der Waals surface area contributed by atoms with Gasteiger partial charge in [-0.3, -0.25) is 9.97 Å². The molecule has 2 heterocycles. The smallest absolute Gasteiger partial charge is 0.116 e. The lowest BCUT2D eigenvalue weighted by atomic mass is 10.1. The molecule has 0 unspecified atom stereocenters. The second kappa shape index (κ2) is 11.2. The third-order valence-corrected chi connectivity index (χ3v) is 5.16. The Labute approximate surface area is 198 Å². The van der Waals surface area contributed by atoms with Crippen LogP contribution in [0.5, 0.6) is 11.5 Å². The molecule has 0 radical (unpaired) electrons. The summed E-state index contributed by atoms with van der Waals surface area (Å²) in [6.45, 7) is 0. The highest BCUT2D eigenvalue weighted by Crippen LogP contribution is 2.19. The fourth-order valence-corrected chi connectivity index (χ4v) is 3.44. The highest BCUT2D eigenvalue weighted by Gasteiger charge is 1.93. The fraction of sp³-hybridized carbons (Fsp3) is 0. The Bertz CT molecular complexity index is 1350. The Morgan fingerprint density at radius 1 is 0.382 bits per heavy atom. The van der Waals surface area contributed by atoms with Crippen molar-refractivity contribution in [1.29, 1.82) is 0 Å². The largest absolute Gasteiger partial charge is 0.508 e. The summed E-state index contributed by atoms with van der Waals surface area (Å²) < 4.78 is 0. The molecule has 6 rings (SSSR count). The van der Waals surface area contributed by atoms with Crippen molar-refractivity contribution in [2.45, 2.75) is 0 Å². The molecule has 0 aliphatic rings. The molecule has 0 saturated heterocycles. The molecular formula is C30H24N2O2. The molecule has 6 aromatic rings. The predicted octanol–water partition coefficient (Wildman–Crippen LogP) is 7.23. The van der Waals surface area contributed by atoms with Crippen LogP contribution in [0.4, 0.5) is 0 Å². The van der Waals surface area contributed by atoms with Crippen molar-refractivity contribution in [3.8, 4) is 22.6 Å².